The Balaban J connectivity index is 2.09. The van der Waals surface area contributed by atoms with E-state index in [1.807, 2.05) is 0 Å². The molecule has 2 aromatic carbocycles. The third kappa shape index (κ3) is 1.97. The first-order valence-corrected chi connectivity index (χ1v) is 5.82. The largest absolute Gasteiger partial charge is 0.399 e. The smallest absolute Gasteiger partial charge is 0.195 e. The van der Waals surface area contributed by atoms with Gasteiger partial charge in [0.05, 0.1) is 0 Å². The van der Waals surface area contributed by atoms with Crippen molar-refractivity contribution in [2.45, 2.75) is 0 Å². The van der Waals surface area contributed by atoms with E-state index in [-0.39, 0.29) is 11.6 Å². The van der Waals surface area contributed by atoms with Gasteiger partial charge in [-0.1, -0.05) is 0 Å². The van der Waals surface area contributed by atoms with E-state index in [9.17, 15) is 9.18 Å². The van der Waals surface area contributed by atoms with Crippen LogP contribution in [-0.4, -0.2) is 10.8 Å². The van der Waals surface area contributed by atoms with Gasteiger partial charge in [0.1, 0.15) is 5.82 Å². The van der Waals surface area contributed by atoms with Crippen LogP contribution in [0.4, 0.5) is 10.1 Å². The number of aromatic nitrogens is 1. The number of nitrogens with one attached hydrogen (secondary N) is 1. The molecule has 3 rings (SSSR count). The molecule has 4 heteroatoms. The summed E-state index contributed by atoms with van der Waals surface area (Å²) in [7, 11) is 0. The minimum absolute atomic E-state index is 0.113. The summed E-state index contributed by atoms with van der Waals surface area (Å²) >= 11 is 0. The van der Waals surface area contributed by atoms with E-state index in [4.69, 9.17) is 5.73 Å². The Kier molecular flexibility index (Phi) is 2.56. The number of aromatic amines is 1. The number of carbonyl (C=O) groups excluding carboxylic acids is 1. The average molecular weight is 254 g/mol. The molecule has 0 fully saturated rings. The summed E-state index contributed by atoms with van der Waals surface area (Å²) in [6.45, 7) is 0. The average Bonchev–Trinajstić information content (AvgIpc) is 2.81. The number of nitrogen functional groups attached to an aromatic ring is 1. The lowest BCUT2D eigenvalue weighted by Gasteiger charge is -2.00. The molecule has 3 N–H and O–H groups in total. The minimum Gasteiger partial charge on any atom is -0.399 e. The minimum atomic E-state index is -0.333. The van der Waals surface area contributed by atoms with Crippen molar-refractivity contribution < 1.29 is 9.18 Å². The van der Waals surface area contributed by atoms with Crippen molar-refractivity contribution >= 4 is 22.4 Å². The standard InChI is InChI=1S/C15H11FN2O/c16-10-3-6-12-13(8-18-14(12)7-10)15(19)9-1-4-11(17)5-2-9/h1-8,18H,17H2. The van der Waals surface area contributed by atoms with Gasteiger partial charge >= 0.3 is 0 Å². The van der Waals surface area contributed by atoms with Crippen LogP contribution in [0.2, 0.25) is 0 Å². The van der Waals surface area contributed by atoms with Gasteiger partial charge in [-0.05, 0) is 42.5 Å². The van der Waals surface area contributed by atoms with Gasteiger partial charge in [-0.2, -0.15) is 0 Å². The highest BCUT2D eigenvalue weighted by atomic mass is 19.1. The predicted molar refractivity (Wildman–Crippen MR) is 72.5 cm³/mol. The molecular weight excluding hydrogens is 243 g/mol. The van der Waals surface area contributed by atoms with Gasteiger partial charge in [0.25, 0.3) is 0 Å². The van der Waals surface area contributed by atoms with Crippen LogP contribution < -0.4 is 5.73 Å². The number of carbonyl (C=O) groups is 1. The van der Waals surface area contributed by atoms with E-state index in [0.717, 1.165) is 0 Å². The summed E-state index contributed by atoms with van der Waals surface area (Å²) in [6.07, 6.45) is 1.60. The van der Waals surface area contributed by atoms with E-state index >= 15 is 0 Å². The normalized spacial score (nSPS) is 10.8. The van der Waals surface area contributed by atoms with Gasteiger partial charge in [-0.25, -0.2) is 4.39 Å². The highest BCUT2D eigenvalue weighted by Crippen LogP contribution is 2.22. The monoisotopic (exact) mass is 254 g/mol. The lowest BCUT2D eigenvalue weighted by atomic mass is 10.0. The molecule has 0 unspecified atom stereocenters. The van der Waals surface area contributed by atoms with Crippen LogP contribution in [0.25, 0.3) is 10.9 Å². The summed E-state index contributed by atoms with van der Waals surface area (Å²) in [6, 6.07) is 11.0. The van der Waals surface area contributed by atoms with Crippen LogP contribution in [-0.2, 0) is 0 Å². The molecule has 0 spiro atoms. The molecular formula is C15H11FN2O. The fourth-order valence-corrected chi connectivity index (χ4v) is 2.08. The molecule has 3 nitrogen and oxygen atoms in total. The Morgan fingerprint density at radius 1 is 1.11 bits per heavy atom. The molecule has 0 amide bonds. The highest BCUT2D eigenvalue weighted by Gasteiger charge is 2.14. The van der Waals surface area contributed by atoms with Gasteiger partial charge in [0.15, 0.2) is 5.78 Å². The first-order valence-electron chi connectivity index (χ1n) is 5.82. The van der Waals surface area contributed by atoms with E-state index in [2.05, 4.69) is 4.98 Å². The molecule has 94 valence electrons. The summed E-state index contributed by atoms with van der Waals surface area (Å²) in [4.78, 5) is 15.3. The summed E-state index contributed by atoms with van der Waals surface area (Å²) in [5, 5.41) is 0.711. The Morgan fingerprint density at radius 3 is 2.58 bits per heavy atom. The van der Waals surface area contributed by atoms with E-state index < -0.39 is 0 Å². The summed E-state index contributed by atoms with van der Waals surface area (Å²) in [5.41, 5.74) is 7.89. The fraction of sp³-hybridized carbons (Fsp3) is 0. The molecule has 0 radical (unpaired) electrons. The fourth-order valence-electron chi connectivity index (χ4n) is 2.08. The number of ketones is 1. The molecule has 0 atom stereocenters. The zero-order valence-electron chi connectivity index (χ0n) is 9.98. The molecule has 0 aliphatic carbocycles. The summed E-state index contributed by atoms with van der Waals surface area (Å²) < 4.78 is 13.1. The van der Waals surface area contributed by atoms with Gasteiger partial charge in [0.2, 0.25) is 0 Å². The number of nitrogens with two attached hydrogens (primary N) is 1. The molecule has 0 aliphatic heterocycles. The number of hydrogen-bond acceptors (Lipinski definition) is 2. The second-order valence-corrected chi connectivity index (χ2v) is 4.34. The Labute approximate surface area is 108 Å². The summed E-state index contributed by atoms with van der Waals surface area (Å²) in [5.74, 6) is -0.446. The van der Waals surface area contributed by atoms with Crippen LogP contribution in [0.5, 0.6) is 0 Å². The van der Waals surface area contributed by atoms with Crippen LogP contribution >= 0.6 is 0 Å². The zero-order valence-corrected chi connectivity index (χ0v) is 9.98. The Morgan fingerprint density at radius 2 is 1.84 bits per heavy atom. The van der Waals surface area contributed by atoms with Crippen molar-refractivity contribution in [1.82, 2.24) is 4.98 Å². The second-order valence-electron chi connectivity index (χ2n) is 4.34. The van der Waals surface area contributed by atoms with Crippen molar-refractivity contribution in [3.8, 4) is 0 Å². The Bertz CT molecular complexity index is 759. The maximum atomic E-state index is 13.1. The SMILES string of the molecule is Nc1ccc(C(=O)c2c[nH]c3cc(F)ccc23)cc1. The number of halogens is 1. The first kappa shape index (κ1) is 11.5. The molecule has 1 heterocycles. The van der Waals surface area contributed by atoms with Crippen LogP contribution in [0.15, 0.2) is 48.7 Å². The number of benzene rings is 2. The number of hydrogen-bond donors (Lipinski definition) is 2. The van der Waals surface area contributed by atoms with Gasteiger partial charge in [-0.3, -0.25) is 4.79 Å². The molecule has 0 aliphatic rings. The molecule has 19 heavy (non-hydrogen) atoms. The number of H-pyrrole nitrogens is 1. The van der Waals surface area contributed by atoms with Crippen molar-refractivity contribution in [3.63, 3.8) is 0 Å². The van der Waals surface area contributed by atoms with Crippen LogP contribution in [0.1, 0.15) is 15.9 Å². The van der Waals surface area contributed by atoms with Crippen molar-refractivity contribution in [2.75, 3.05) is 5.73 Å². The molecule has 0 bridgehead atoms. The van der Waals surface area contributed by atoms with Crippen molar-refractivity contribution in [1.29, 1.82) is 0 Å². The molecule has 3 aromatic rings. The van der Waals surface area contributed by atoms with Crippen LogP contribution in [0, 0.1) is 5.82 Å². The number of anilines is 1. The Hall–Kier alpha value is -2.62. The van der Waals surface area contributed by atoms with E-state index in [1.54, 1.807) is 36.5 Å². The highest BCUT2D eigenvalue weighted by molar-refractivity contribution is 6.16. The maximum absolute atomic E-state index is 13.1. The zero-order chi connectivity index (χ0) is 13.4. The van der Waals surface area contributed by atoms with Crippen molar-refractivity contribution in [2.24, 2.45) is 0 Å². The lowest BCUT2D eigenvalue weighted by Crippen LogP contribution is -2.00. The van der Waals surface area contributed by atoms with Gasteiger partial charge < -0.3 is 10.7 Å². The van der Waals surface area contributed by atoms with Crippen molar-refractivity contribution in [3.05, 3.63) is 65.6 Å². The first-order chi connectivity index (χ1) is 9.15. The van der Waals surface area contributed by atoms with E-state index in [1.165, 1.54) is 12.1 Å². The van der Waals surface area contributed by atoms with Gasteiger partial charge in [-0.15, -0.1) is 0 Å². The predicted octanol–water partition coefficient (Wildman–Crippen LogP) is 3.12. The molecule has 0 saturated heterocycles. The quantitative estimate of drug-likeness (QED) is 0.545. The second kappa shape index (κ2) is 4.24. The number of fused-ring (bicyclic) bond motifs is 1. The topological polar surface area (TPSA) is 58.9 Å². The molecule has 0 saturated carbocycles. The lowest BCUT2D eigenvalue weighted by molar-refractivity contribution is 0.104. The van der Waals surface area contributed by atoms with Gasteiger partial charge in [0, 0.05) is 33.9 Å². The maximum Gasteiger partial charge on any atom is 0.195 e. The van der Waals surface area contributed by atoms with Crippen LogP contribution in [0.3, 0.4) is 0 Å². The number of rotatable bonds is 2. The third-order valence-corrected chi connectivity index (χ3v) is 3.06. The third-order valence-electron chi connectivity index (χ3n) is 3.06. The molecule has 1 aromatic heterocycles. The van der Waals surface area contributed by atoms with E-state index in [0.29, 0.717) is 27.7 Å².